The van der Waals surface area contributed by atoms with E-state index in [1.807, 2.05) is 23.1 Å². The number of nitrogens with one attached hydrogen (secondary N) is 1. The maximum Gasteiger partial charge on any atom is 0.453 e. The van der Waals surface area contributed by atoms with E-state index in [0.29, 0.717) is 62.4 Å². The average molecular weight is 476 g/mol. The predicted molar refractivity (Wildman–Crippen MR) is 115 cm³/mol. The average Bonchev–Trinajstić information content (AvgIpc) is 3.28. The highest BCUT2D eigenvalue weighted by molar-refractivity contribution is 5.79. The summed E-state index contributed by atoms with van der Waals surface area (Å²) in [6.07, 6.45) is -2.80. The lowest BCUT2D eigenvalue weighted by atomic mass is 9.96. The Morgan fingerprint density at radius 1 is 1.06 bits per heavy atom. The number of carbonyl (C=O) groups excluding carboxylic acids is 1. The monoisotopic (exact) mass is 476 g/mol. The lowest BCUT2D eigenvalue weighted by molar-refractivity contribution is -0.146. The van der Waals surface area contributed by atoms with Crippen LogP contribution >= 0.6 is 0 Å². The molecule has 12 heteroatoms. The first-order valence-corrected chi connectivity index (χ1v) is 11.1. The van der Waals surface area contributed by atoms with Crippen molar-refractivity contribution in [2.75, 3.05) is 37.7 Å². The van der Waals surface area contributed by atoms with Gasteiger partial charge in [0.15, 0.2) is 17.1 Å². The Morgan fingerprint density at radius 2 is 1.82 bits per heavy atom. The quantitative estimate of drug-likeness (QED) is 0.605. The number of hydrogen-bond donors (Lipinski definition) is 1. The van der Waals surface area contributed by atoms with Gasteiger partial charge >= 0.3 is 6.18 Å². The summed E-state index contributed by atoms with van der Waals surface area (Å²) in [7, 11) is 0. The molecule has 4 heterocycles. The van der Waals surface area contributed by atoms with Crippen LogP contribution in [0.5, 0.6) is 11.5 Å². The van der Waals surface area contributed by atoms with Crippen LogP contribution in [0.1, 0.15) is 24.2 Å². The molecule has 2 aromatic heterocycles. The van der Waals surface area contributed by atoms with E-state index in [0.717, 1.165) is 17.1 Å². The summed E-state index contributed by atoms with van der Waals surface area (Å²) in [6.45, 7) is 2.61. The second-order valence-corrected chi connectivity index (χ2v) is 8.26. The van der Waals surface area contributed by atoms with E-state index in [9.17, 15) is 18.0 Å². The van der Waals surface area contributed by atoms with Gasteiger partial charge in [-0.05, 0) is 49.1 Å². The summed E-state index contributed by atoms with van der Waals surface area (Å²) in [5.41, 5.74) is 1.08. The van der Waals surface area contributed by atoms with E-state index in [1.54, 1.807) is 6.07 Å². The van der Waals surface area contributed by atoms with Crippen LogP contribution in [-0.2, 0) is 17.4 Å². The summed E-state index contributed by atoms with van der Waals surface area (Å²) in [4.78, 5) is 14.5. The number of rotatable bonds is 5. The molecule has 1 N–H and O–H groups in total. The third kappa shape index (κ3) is 4.57. The lowest BCUT2D eigenvalue weighted by Crippen LogP contribution is -2.41. The number of piperidine rings is 1. The van der Waals surface area contributed by atoms with Crippen LogP contribution in [-0.4, -0.2) is 58.6 Å². The highest BCUT2D eigenvalue weighted by atomic mass is 19.4. The number of alkyl halides is 3. The van der Waals surface area contributed by atoms with Gasteiger partial charge in [-0.3, -0.25) is 4.79 Å². The first kappa shape index (κ1) is 22.2. The van der Waals surface area contributed by atoms with Crippen molar-refractivity contribution in [1.29, 1.82) is 0 Å². The minimum Gasteiger partial charge on any atom is -0.486 e. The zero-order valence-corrected chi connectivity index (χ0v) is 18.2. The summed E-state index contributed by atoms with van der Waals surface area (Å²) in [5.74, 6) is 0.535. The van der Waals surface area contributed by atoms with Gasteiger partial charge in [0.25, 0.3) is 5.82 Å². The van der Waals surface area contributed by atoms with Crippen LogP contribution in [0.3, 0.4) is 0 Å². The SMILES string of the molecule is O=C(NCCc1ccc2c(c1)OCCO2)C1CCN(c2ccc3nnc(C(F)(F)F)n3n2)CC1. The van der Waals surface area contributed by atoms with Crippen molar-refractivity contribution in [2.24, 2.45) is 5.92 Å². The summed E-state index contributed by atoms with van der Waals surface area (Å²) >= 11 is 0. The Labute approximate surface area is 192 Å². The lowest BCUT2D eigenvalue weighted by Gasteiger charge is -2.32. The zero-order valence-electron chi connectivity index (χ0n) is 18.2. The number of amides is 1. The van der Waals surface area contributed by atoms with E-state index < -0.39 is 12.0 Å². The molecule has 2 aliphatic heterocycles. The smallest absolute Gasteiger partial charge is 0.453 e. The Morgan fingerprint density at radius 3 is 2.59 bits per heavy atom. The first-order valence-electron chi connectivity index (χ1n) is 11.1. The molecule has 2 aliphatic rings. The van der Waals surface area contributed by atoms with Crippen molar-refractivity contribution in [3.8, 4) is 11.5 Å². The number of halogens is 3. The maximum atomic E-state index is 13.1. The third-order valence-corrected chi connectivity index (χ3v) is 6.01. The number of benzene rings is 1. The van der Waals surface area contributed by atoms with E-state index in [2.05, 4.69) is 20.6 Å². The van der Waals surface area contributed by atoms with E-state index in [4.69, 9.17) is 9.47 Å². The summed E-state index contributed by atoms with van der Waals surface area (Å²) in [5, 5.41) is 13.8. The van der Waals surface area contributed by atoms with Gasteiger partial charge in [0.1, 0.15) is 19.0 Å². The molecule has 0 saturated carbocycles. The molecule has 180 valence electrons. The Bertz CT molecular complexity index is 1190. The van der Waals surface area contributed by atoms with Crippen LogP contribution < -0.4 is 19.7 Å². The van der Waals surface area contributed by atoms with E-state index in [1.165, 1.54) is 6.07 Å². The summed E-state index contributed by atoms with van der Waals surface area (Å²) in [6, 6.07) is 8.86. The minimum absolute atomic E-state index is 0.0150. The molecular formula is C22H23F3N6O3. The van der Waals surface area contributed by atoms with Gasteiger partial charge in [-0.2, -0.15) is 17.7 Å². The number of hydrogen-bond acceptors (Lipinski definition) is 7. The van der Waals surface area contributed by atoms with Gasteiger partial charge in [-0.15, -0.1) is 15.3 Å². The molecule has 0 aliphatic carbocycles. The number of ether oxygens (including phenoxy) is 2. The molecule has 3 aromatic rings. The topological polar surface area (TPSA) is 93.9 Å². The first-order chi connectivity index (χ1) is 16.4. The van der Waals surface area contributed by atoms with Crippen molar-refractivity contribution >= 4 is 17.4 Å². The molecule has 1 fully saturated rings. The van der Waals surface area contributed by atoms with Crippen LogP contribution in [0.25, 0.3) is 5.65 Å². The molecule has 0 radical (unpaired) electrons. The molecule has 0 unspecified atom stereocenters. The molecule has 1 saturated heterocycles. The van der Waals surface area contributed by atoms with Gasteiger partial charge in [-0.25, -0.2) is 0 Å². The fourth-order valence-electron chi connectivity index (χ4n) is 4.21. The second kappa shape index (κ2) is 8.99. The van der Waals surface area contributed by atoms with Crippen LogP contribution in [0.4, 0.5) is 19.0 Å². The highest BCUT2D eigenvalue weighted by Gasteiger charge is 2.38. The van der Waals surface area contributed by atoms with Crippen LogP contribution in [0.2, 0.25) is 0 Å². The molecular weight excluding hydrogens is 453 g/mol. The molecule has 9 nitrogen and oxygen atoms in total. The molecule has 0 spiro atoms. The molecule has 1 amide bonds. The van der Waals surface area contributed by atoms with Crippen molar-refractivity contribution < 1.29 is 27.4 Å². The van der Waals surface area contributed by atoms with Gasteiger partial charge in [-0.1, -0.05) is 6.07 Å². The molecule has 5 rings (SSSR count). The van der Waals surface area contributed by atoms with Gasteiger partial charge in [0.05, 0.1) is 0 Å². The Balaban J connectivity index is 1.13. The minimum atomic E-state index is -4.64. The van der Waals surface area contributed by atoms with Crippen LogP contribution in [0, 0.1) is 5.92 Å². The Hall–Kier alpha value is -3.57. The number of anilines is 1. The fourth-order valence-corrected chi connectivity index (χ4v) is 4.21. The van der Waals surface area contributed by atoms with E-state index >= 15 is 0 Å². The second-order valence-electron chi connectivity index (χ2n) is 8.26. The Kier molecular flexibility index (Phi) is 5.88. The number of aromatic nitrogens is 4. The largest absolute Gasteiger partial charge is 0.486 e. The zero-order chi connectivity index (χ0) is 23.7. The van der Waals surface area contributed by atoms with Gasteiger partial charge < -0.3 is 19.7 Å². The van der Waals surface area contributed by atoms with Gasteiger partial charge in [0.2, 0.25) is 5.91 Å². The fraction of sp³-hybridized carbons (Fsp3) is 0.455. The number of nitrogens with zero attached hydrogens (tertiary/aromatic N) is 5. The van der Waals surface area contributed by atoms with Crippen molar-refractivity contribution in [1.82, 2.24) is 25.1 Å². The summed E-state index contributed by atoms with van der Waals surface area (Å²) < 4.78 is 51.2. The maximum absolute atomic E-state index is 13.1. The van der Waals surface area contributed by atoms with Crippen LogP contribution in [0.15, 0.2) is 30.3 Å². The predicted octanol–water partition coefficient (Wildman–Crippen LogP) is 2.49. The van der Waals surface area contributed by atoms with Crippen molar-refractivity contribution in [2.45, 2.75) is 25.4 Å². The van der Waals surface area contributed by atoms with E-state index in [-0.39, 0.29) is 17.5 Å². The number of fused-ring (bicyclic) bond motifs is 2. The van der Waals surface area contributed by atoms with Crippen molar-refractivity contribution in [3.05, 3.63) is 41.7 Å². The normalized spacial score (nSPS) is 16.6. The third-order valence-electron chi connectivity index (χ3n) is 6.01. The molecule has 34 heavy (non-hydrogen) atoms. The number of carbonyl (C=O) groups is 1. The van der Waals surface area contributed by atoms with Gasteiger partial charge in [0, 0.05) is 25.6 Å². The molecule has 1 aromatic carbocycles. The van der Waals surface area contributed by atoms with Crippen molar-refractivity contribution in [3.63, 3.8) is 0 Å². The standard InChI is InChI=1S/C22H23F3N6O3/c23-22(24,25)21-28-27-18-3-4-19(29-31(18)21)30-9-6-15(7-10-30)20(32)26-8-5-14-1-2-16-17(13-14)34-12-11-33-16/h1-4,13,15H,5-12H2,(H,26,32). The highest BCUT2D eigenvalue weighted by Crippen LogP contribution is 2.31. The molecule has 0 bridgehead atoms. The molecule has 0 atom stereocenters.